The van der Waals surface area contributed by atoms with E-state index in [1.54, 1.807) is 42.5 Å². The highest BCUT2D eigenvalue weighted by Gasteiger charge is 2.69. The Morgan fingerprint density at radius 2 is 1.74 bits per heavy atom. The Hall–Kier alpha value is -4.69. The molecule has 7 rings (SSSR count). The standard InChI is InChI=1S/C38H35ClN2O6/c1-3-18-40-34(43)27-15-14-26-28(33(27)36(40)45)21-30-35(44)41(25-11-7-10-24(39)20-25)37(46)38(30,23-8-5-4-6-9-23)29(26)16-12-22-13-17-31(42)32(19-22)47-2/h4-14,16-17,19-20,27-30,33,42H,3,15,18,21H2,1-2H3/t27-,28+,29-,30-,33-,38-/m0/s1. The normalized spacial score (nSPS) is 28.4. The number of likely N-dealkylation sites (tertiary alicyclic amines) is 1. The number of carbonyl (C=O) groups is 4. The summed E-state index contributed by atoms with van der Waals surface area (Å²) in [5.74, 6) is -3.71. The number of hydrogen-bond donors (Lipinski definition) is 1. The highest BCUT2D eigenvalue weighted by Crippen LogP contribution is 2.62. The number of phenols is 1. The van der Waals surface area contributed by atoms with E-state index in [2.05, 4.69) is 0 Å². The third-order valence-electron chi connectivity index (χ3n) is 10.5. The number of rotatable bonds is 7. The molecule has 240 valence electrons. The molecule has 0 spiro atoms. The minimum absolute atomic E-state index is 0.000918. The molecule has 6 atom stereocenters. The minimum atomic E-state index is -1.33. The van der Waals surface area contributed by atoms with E-state index in [0.717, 1.165) is 11.1 Å². The van der Waals surface area contributed by atoms with Crippen molar-refractivity contribution in [3.63, 3.8) is 0 Å². The zero-order chi connectivity index (χ0) is 33.0. The van der Waals surface area contributed by atoms with Crippen molar-refractivity contribution in [2.45, 2.75) is 31.6 Å². The van der Waals surface area contributed by atoms with Crippen molar-refractivity contribution >= 4 is 47.0 Å². The van der Waals surface area contributed by atoms with Gasteiger partial charge in [-0.15, -0.1) is 0 Å². The number of anilines is 1. The molecule has 9 heteroatoms. The Morgan fingerprint density at radius 1 is 0.957 bits per heavy atom. The Bertz CT molecular complexity index is 1850. The zero-order valence-corrected chi connectivity index (χ0v) is 26.9. The molecular weight excluding hydrogens is 616 g/mol. The Labute approximate surface area is 278 Å². The highest BCUT2D eigenvalue weighted by atomic mass is 35.5. The molecule has 8 nitrogen and oxygen atoms in total. The number of amides is 4. The lowest BCUT2D eigenvalue weighted by atomic mass is 9.50. The maximum absolute atomic E-state index is 15.1. The van der Waals surface area contributed by atoms with E-state index in [9.17, 15) is 19.5 Å². The summed E-state index contributed by atoms with van der Waals surface area (Å²) in [4.78, 5) is 59.9. The Morgan fingerprint density at radius 3 is 2.47 bits per heavy atom. The number of imide groups is 2. The van der Waals surface area contributed by atoms with Gasteiger partial charge in [0.1, 0.15) is 0 Å². The molecule has 0 unspecified atom stereocenters. The summed E-state index contributed by atoms with van der Waals surface area (Å²) < 4.78 is 5.34. The monoisotopic (exact) mass is 650 g/mol. The molecule has 3 aromatic rings. The number of methoxy groups -OCH3 is 1. The molecule has 3 fully saturated rings. The Balaban J connectivity index is 1.44. The van der Waals surface area contributed by atoms with E-state index in [4.69, 9.17) is 16.3 Å². The van der Waals surface area contributed by atoms with Crippen molar-refractivity contribution in [2.24, 2.45) is 29.6 Å². The molecule has 3 aromatic carbocycles. The average molecular weight is 651 g/mol. The molecule has 1 saturated carbocycles. The van der Waals surface area contributed by atoms with Crippen molar-refractivity contribution in [2.75, 3.05) is 18.6 Å². The molecule has 1 N–H and O–H groups in total. The van der Waals surface area contributed by atoms with Gasteiger partial charge in [0.05, 0.1) is 36.0 Å². The maximum atomic E-state index is 15.1. The van der Waals surface area contributed by atoms with Crippen molar-refractivity contribution in [3.05, 3.63) is 107 Å². The van der Waals surface area contributed by atoms with Gasteiger partial charge in [0.15, 0.2) is 11.5 Å². The first kappa shape index (κ1) is 30.9. The van der Waals surface area contributed by atoms with E-state index in [1.807, 2.05) is 55.5 Å². The molecular formula is C38H35ClN2O6. The summed E-state index contributed by atoms with van der Waals surface area (Å²) >= 11 is 6.36. The first-order valence-corrected chi connectivity index (χ1v) is 16.4. The van der Waals surface area contributed by atoms with Crippen LogP contribution in [-0.4, -0.2) is 47.3 Å². The van der Waals surface area contributed by atoms with Gasteiger partial charge in [0.2, 0.25) is 23.6 Å². The van der Waals surface area contributed by atoms with Gasteiger partial charge in [-0.05, 0) is 66.6 Å². The quantitative estimate of drug-likeness (QED) is 0.242. The molecule has 2 aliphatic heterocycles. The molecule has 47 heavy (non-hydrogen) atoms. The summed E-state index contributed by atoms with van der Waals surface area (Å²) in [6, 6.07) is 21.1. The third-order valence-corrected chi connectivity index (χ3v) is 10.7. The van der Waals surface area contributed by atoms with Gasteiger partial charge in [0.25, 0.3) is 0 Å². The van der Waals surface area contributed by atoms with Crippen molar-refractivity contribution in [1.82, 2.24) is 4.90 Å². The van der Waals surface area contributed by atoms with E-state index >= 15 is 4.79 Å². The number of hydrogen-bond acceptors (Lipinski definition) is 6. The molecule has 2 aliphatic carbocycles. The van der Waals surface area contributed by atoms with Crippen LogP contribution < -0.4 is 9.64 Å². The smallest absolute Gasteiger partial charge is 0.246 e. The van der Waals surface area contributed by atoms with Gasteiger partial charge in [-0.1, -0.05) is 84.8 Å². The topological polar surface area (TPSA) is 104 Å². The van der Waals surface area contributed by atoms with Gasteiger partial charge >= 0.3 is 0 Å². The van der Waals surface area contributed by atoms with Crippen LogP contribution in [0, 0.1) is 29.6 Å². The number of aromatic hydroxyl groups is 1. The summed E-state index contributed by atoms with van der Waals surface area (Å²) in [6.07, 6.45) is 7.15. The molecule has 0 aromatic heterocycles. The van der Waals surface area contributed by atoms with Crippen LogP contribution in [0.4, 0.5) is 5.69 Å². The van der Waals surface area contributed by atoms with Crippen LogP contribution in [0.15, 0.2) is 90.5 Å². The maximum Gasteiger partial charge on any atom is 0.246 e. The zero-order valence-electron chi connectivity index (χ0n) is 26.1. The van der Waals surface area contributed by atoms with E-state index in [-0.39, 0.29) is 35.8 Å². The van der Waals surface area contributed by atoms with Crippen LogP contribution in [0.3, 0.4) is 0 Å². The van der Waals surface area contributed by atoms with E-state index in [0.29, 0.717) is 41.4 Å². The molecule has 2 heterocycles. The summed E-state index contributed by atoms with van der Waals surface area (Å²) in [5.41, 5.74) is 1.37. The second kappa shape index (κ2) is 11.8. The number of ether oxygens (including phenoxy) is 1. The number of halogens is 1. The lowest BCUT2D eigenvalue weighted by Gasteiger charge is -2.49. The van der Waals surface area contributed by atoms with Crippen LogP contribution in [0.5, 0.6) is 11.5 Å². The number of allylic oxidation sites excluding steroid dienone is 3. The Kier molecular flexibility index (Phi) is 7.79. The molecule has 4 amide bonds. The SMILES string of the molecule is CCCN1C(=O)[C@H]2[C@H](CC=C3[C@H]2C[C@H]2C(=O)N(c4cccc(Cl)c4)C(=O)[C@@]2(c2ccccc2)[C@H]3C=Cc2ccc(O)c(OC)c2)C1=O. The van der Waals surface area contributed by atoms with Crippen LogP contribution in [0.1, 0.15) is 37.3 Å². The van der Waals surface area contributed by atoms with Gasteiger partial charge in [-0.2, -0.15) is 0 Å². The summed E-state index contributed by atoms with van der Waals surface area (Å²) in [7, 11) is 1.47. The van der Waals surface area contributed by atoms with Crippen molar-refractivity contribution < 1.29 is 29.0 Å². The minimum Gasteiger partial charge on any atom is -0.504 e. The van der Waals surface area contributed by atoms with Crippen LogP contribution in [0.25, 0.3) is 6.08 Å². The molecule has 0 bridgehead atoms. The number of benzene rings is 3. The van der Waals surface area contributed by atoms with Gasteiger partial charge < -0.3 is 9.84 Å². The lowest BCUT2D eigenvalue weighted by Crippen LogP contribution is -2.54. The fraction of sp³-hybridized carbons (Fsp3) is 0.316. The lowest BCUT2D eigenvalue weighted by molar-refractivity contribution is -0.140. The summed E-state index contributed by atoms with van der Waals surface area (Å²) in [5, 5.41) is 10.6. The third kappa shape index (κ3) is 4.64. The largest absolute Gasteiger partial charge is 0.504 e. The molecule has 2 saturated heterocycles. The van der Waals surface area contributed by atoms with Gasteiger partial charge in [0, 0.05) is 17.5 Å². The second-order valence-electron chi connectivity index (χ2n) is 12.8. The van der Waals surface area contributed by atoms with Crippen LogP contribution in [-0.2, 0) is 24.6 Å². The number of carbonyl (C=O) groups excluding carboxylic acids is 4. The average Bonchev–Trinajstić information content (AvgIpc) is 3.46. The predicted octanol–water partition coefficient (Wildman–Crippen LogP) is 6.17. The van der Waals surface area contributed by atoms with Crippen molar-refractivity contribution in [1.29, 1.82) is 0 Å². The van der Waals surface area contributed by atoms with E-state index < -0.39 is 35.0 Å². The van der Waals surface area contributed by atoms with Crippen LogP contribution in [0.2, 0.25) is 5.02 Å². The van der Waals surface area contributed by atoms with Crippen LogP contribution >= 0.6 is 11.6 Å². The highest BCUT2D eigenvalue weighted by molar-refractivity contribution is 6.32. The fourth-order valence-electron chi connectivity index (χ4n) is 8.50. The summed E-state index contributed by atoms with van der Waals surface area (Å²) in [6.45, 7) is 2.30. The predicted molar refractivity (Wildman–Crippen MR) is 178 cm³/mol. The molecule has 0 radical (unpaired) electrons. The number of phenolic OH excluding ortho intramolecular Hbond substituents is 1. The molecule has 4 aliphatic rings. The first-order valence-electron chi connectivity index (χ1n) is 16.0. The number of nitrogens with zero attached hydrogens (tertiary/aromatic N) is 2. The first-order chi connectivity index (χ1) is 22.7. The van der Waals surface area contributed by atoms with Gasteiger partial charge in [-0.25, -0.2) is 4.90 Å². The fourth-order valence-corrected chi connectivity index (χ4v) is 8.69. The van der Waals surface area contributed by atoms with Gasteiger partial charge in [-0.3, -0.25) is 24.1 Å². The van der Waals surface area contributed by atoms with E-state index in [1.165, 1.54) is 16.9 Å². The number of fused-ring (bicyclic) bond motifs is 4. The van der Waals surface area contributed by atoms with Crippen molar-refractivity contribution in [3.8, 4) is 11.5 Å². The second-order valence-corrected chi connectivity index (χ2v) is 13.2.